The molecule has 2 aromatic carbocycles. The Kier molecular flexibility index (Phi) is 5.97. The zero-order valence-corrected chi connectivity index (χ0v) is 23.2. The summed E-state index contributed by atoms with van der Waals surface area (Å²) in [5, 5.41) is 11.3. The molecule has 12 heteroatoms. The molecule has 5 aromatic rings. The Morgan fingerprint density at radius 2 is 2.00 bits per heavy atom. The van der Waals surface area contributed by atoms with Crippen LogP contribution in [0.25, 0.3) is 32.9 Å². The fraction of sp³-hybridized carbons (Fsp3) is 0.355. The Balaban J connectivity index is 1.26. The molecule has 9 nitrogen and oxygen atoms in total. The van der Waals surface area contributed by atoms with Crippen molar-refractivity contribution in [2.75, 3.05) is 31.1 Å². The van der Waals surface area contributed by atoms with Gasteiger partial charge in [0.15, 0.2) is 5.82 Å². The highest BCUT2D eigenvalue weighted by Crippen LogP contribution is 2.41. The van der Waals surface area contributed by atoms with E-state index in [0.717, 1.165) is 25.2 Å². The Labute approximate surface area is 244 Å². The van der Waals surface area contributed by atoms with E-state index in [0.29, 0.717) is 49.2 Å². The van der Waals surface area contributed by atoms with Gasteiger partial charge in [0.2, 0.25) is 0 Å². The molecule has 0 bridgehead atoms. The van der Waals surface area contributed by atoms with E-state index >= 15 is 8.78 Å². The molecule has 220 valence electrons. The average molecular weight is 588 g/mol. The van der Waals surface area contributed by atoms with Crippen molar-refractivity contribution < 1.29 is 23.0 Å². The molecule has 0 spiro atoms. The van der Waals surface area contributed by atoms with Crippen LogP contribution in [0.2, 0.25) is 0 Å². The summed E-state index contributed by atoms with van der Waals surface area (Å²) in [4.78, 5) is 22.2. The van der Waals surface area contributed by atoms with E-state index in [-0.39, 0.29) is 40.5 Å². The number of aromatic hydroxyl groups is 1. The number of aromatic nitrogens is 5. The number of rotatable bonds is 5. The van der Waals surface area contributed by atoms with Crippen LogP contribution in [0.3, 0.4) is 0 Å². The largest absolute Gasteiger partial charge is 0.508 e. The Morgan fingerprint density at radius 1 is 1.09 bits per heavy atom. The number of phenols is 1. The minimum atomic E-state index is -0.919. The van der Waals surface area contributed by atoms with Gasteiger partial charge in [0, 0.05) is 55.6 Å². The van der Waals surface area contributed by atoms with Crippen LogP contribution in [0.5, 0.6) is 11.8 Å². The molecule has 3 aromatic heterocycles. The van der Waals surface area contributed by atoms with Crippen molar-refractivity contribution in [1.82, 2.24) is 29.4 Å². The van der Waals surface area contributed by atoms with E-state index in [4.69, 9.17) is 9.72 Å². The fourth-order valence-corrected chi connectivity index (χ4v) is 7.07. The van der Waals surface area contributed by atoms with Crippen molar-refractivity contribution in [3.05, 3.63) is 66.4 Å². The summed E-state index contributed by atoms with van der Waals surface area (Å²) in [6.07, 6.45) is 6.35. The van der Waals surface area contributed by atoms with Gasteiger partial charge in [-0.3, -0.25) is 9.88 Å². The molecule has 2 atom stereocenters. The number of anilines is 1. The first-order chi connectivity index (χ1) is 20.9. The third-order valence-corrected chi connectivity index (χ3v) is 9.08. The molecule has 2 fully saturated rings. The van der Waals surface area contributed by atoms with Crippen molar-refractivity contribution in [2.45, 2.75) is 44.1 Å². The van der Waals surface area contributed by atoms with Crippen LogP contribution in [-0.2, 0) is 13.1 Å². The zero-order chi connectivity index (χ0) is 29.3. The van der Waals surface area contributed by atoms with Crippen molar-refractivity contribution in [3.63, 3.8) is 0 Å². The van der Waals surface area contributed by atoms with Gasteiger partial charge < -0.3 is 19.3 Å². The van der Waals surface area contributed by atoms with Crippen LogP contribution < -0.4 is 9.64 Å². The number of fused-ring (bicyclic) bond motifs is 4. The monoisotopic (exact) mass is 587 g/mol. The molecule has 3 aliphatic heterocycles. The summed E-state index contributed by atoms with van der Waals surface area (Å²) in [6.45, 7) is 3.06. The zero-order valence-electron chi connectivity index (χ0n) is 23.2. The molecular weight excluding hydrogens is 559 g/mol. The normalized spacial score (nSPS) is 21.9. The number of halogens is 3. The van der Waals surface area contributed by atoms with Gasteiger partial charge in [-0.1, -0.05) is 12.1 Å². The topological polar surface area (TPSA) is 92.4 Å². The summed E-state index contributed by atoms with van der Waals surface area (Å²) < 4.78 is 54.2. The lowest BCUT2D eigenvalue weighted by molar-refractivity contribution is 0.107. The number of nitrogens with zero attached hydrogens (tertiary/aromatic N) is 7. The van der Waals surface area contributed by atoms with Gasteiger partial charge in [-0.15, -0.1) is 0 Å². The predicted molar refractivity (Wildman–Crippen MR) is 154 cm³/mol. The molecule has 0 unspecified atom stereocenters. The van der Waals surface area contributed by atoms with Crippen molar-refractivity contribution >= 4 is 27.5 Å². The number of hydrogen-bond donors (Lipinski definition) is 1. The number of phenolic OH excluding ortho intramolecular Hbond substituents is 1. The van der Waals surface area contributed by atoms with E-state index in [1.54, 1.807) is 12.3 Å². The van der Waals surface area contributed by atoms with Crippen molar-refractivity contribution in [2.24, 2.45) is 0 Å². The Hall–Kier alpha value is -4.45. The highest BCUT2D eigenvalue weighted by molar-refractivity contribution is 6.00. The molecule has 0 radical (unpaired) electrons. The molecular formula is C31H28F3N7O2. The van der Waals surface area contributed by atoms with E-state index < -0.39 is 23.3 Å². The standard InChI is InChI=1S/C31H28F3N7O2/c32-19-13-31(5-2-7-41(31)15-19)17-43-30-37-28-22(29(38-30)40-10-9-39-8-6-35-24(39)16-40)14-36-27(26(28)34)21-12-20(42)11-18-3-1-4-23(33)25(18)21/h1,3-4,6,8,11-12,14,19,42H,2,5,7,9-10,13,15-17H2/t19-,31+/m1/s1. The molecule has 1 N–H and O–H groups in total. The first-order valence-corrected chi connectivity index (χ1v) is 14.4. The second-order valence-electron chi connectivity index (χ2n) is 11.7. The molecule has 8 rings (SSSR count). The first-order valence-electron chi connectivity index (χ1n) is 14.4. The average Bonchev–Trinajstić information content (AvgIpc) is 3.69. The molecule has 43 heavy (non-hydrogen) atoms. The molecule has 3 aliphatic rings. The summed E-state index contributed by atoms with van der Waals surface area (Å²) in [7, 11) is 0. The fourth-order valence-electron chi connectivity index (χ4n) is 7.07. The number of hydrogen-bond acceptors (Lipinski definition) is 8. The van der Waals surface area contributed by atoms with Crippen LogP contribution >= 0.6 is 0 Å². The SMILES string of the molecule is Oc1cc(-c2ncc3c(N4CCn5ccnc5C4)nc(OC[C@@]45CCCN4C[C@H](F)C5)nc3c2F)c2c(F)cccc2c1. The third kappa shape index (κ3) is 4.26. The smallest absolute Gasteiger partial charge is 0.319 e. The van der Waals surface area contributed by atoms with Gasteiger partial charge >= 0.3 is 6.01 Å². The predicted octanol–water partition coefficient (Wildman–Crippen LogP) is 5.00. The van der Waals surface area contributed by atoms with Crippen LogP contribution in [-0.4, -0.2) is 72.5 Å². The van der Waals surface area contributed by atoms with Crippen LogP contribution in [0.15, 0.2) is 48.9 Å². The van der Waals surface area contributed by atoms with Crippen molar-refractivity contribution in [1.29, 1.82) is 0 Å². The van der Waals surface area contributed by atoms with Gasteiger partial charge in [0.25, 0.3) is 0 Å². The van der Waals surface area contributed by atoms with Crippen LogP contribution in [0.1, 0.15) is 25.1 Å². The molecule has 6 heterocycles. The molecule has 0 aliphatic carbocycles. The summed E-state index contributed by atoms with van der Waals surface area (Å²) in [5.74, 6) is -0.214. The quantitative estimate of drug-likeness (QED) is 0.307. The van der Waals surface area contributed by atoms with E-state index in [2.05, 4.69) is 24.4 Å². The van der Waals surface area contributed by atoms with Gasteiger partial charge in [0.1, 0.15) is 47.2 Å². The minimum absolute atomic E-state index is 0.0251. The number of pyridine rings is 1. The van der Waals surface area contributed by atoms with E-state index in [1.807, 2.05) is 11.1 Å². The van der Waals surface area contributed by atoms with Gasteiger partial charge in [-0.2, -0.15) is 9.97 Å². The highest BCUT2D eigenvalue weighted by atomic mass is 19.1. The minimum Gasteiger partial charge on any atom is -0.508 e. The summed E-state index contributed by atoms with van der Waals surface area (Å²) in [6, 6.07) is 7.15. The number of ether oxygens (including phenoxy) is 1. The summed E-state index contributed by atoms with van der Waals surface area (Å²) in [5.41, 5.74) is -0.522. The lowest BCUT2D eigenvalue weighted by Crippen LogP contribution is -2.43. The first kappa shape index (κ1) is 26.2. The lowest BCUT2D eigenvalue weighted by atomic mass is 9.95. The van der Waals surface area contributed by atoms with Crippen LogP contribution in [0.4, 0.5) is 19.0 Å². The number of imidazole rings is 1. The number of alkyl halides is 1. The second-order valence-corrected chi connectivity index (χ2v) is 11.7. The maximum atomic E-state index is 16.6. The highest BCUT2D eigenvalue weighted by Gasteiger charge is 2.49. The lowest BCUT2D eigenvalue weighted by Gasteiger charge is -2.31. The van der Waals surface area contributed by atoms with Crippen molar-refractivity contribution in [3.8, 4) is 23.0 Å². The maximum absolute atomic E-state index is 16.6. The van der Waals surface area contributed by atoms with E-state index in [9.17, 15) is 9.50 Å². The maximum Gasteiger partial charge on any atom is 0.319 e. The molecule has 2 saturated heterocycles. The second kappa shape index (κ2) is 9.80. The van der Waals surface area contributed by atoms with Gasteiger partial charge in [-0.25, -0.2) is 18.2 Å². The molecule has 0 amide bonds. The third-order valence-electron chi connectivity index (χ3n) is 9.08. The Morgan fingerprint density at radius 3 is 2.91 bits per heavy atom. The van der Waals surface area contributed by atoms with Gasteiger partial charge in [0.05, 0.1) is 17.5 Å². The summed E-state index contributed by atoms with van der Waals surface area (Å²) >= 11 is 0. The number of benzene rings is 2. The van der Waals surface area contributed by atoms with Gasteiger partial charge in [-0.05, 0) is 43.0 Å². The van der Waals surface area contributed by atoms with Crippen LogP contribution in [0, 0.1) is 11.6 Å². The Bertz CT molecular complexity index is 1900. The molecule has 0 saturated carbocycles. The van der Waals surface area contributed by atoms with E-state index in [1.165, 1.54) is 30.5 Å².